The van der Waals surface area contributed by atoms with Crippen molar-refractivity contribution in [2.24, 2.45) is 0 Å². The number of piperidine rings is 1. The van der Waals surface area contributed by atoms with Crippen molar-refractivity contribution in [2.45, 2.75) is 37.8 Å². The summed E-state index contributed by atoms with van der Waals surface area (Å²) in [4.78, 5) is 39.2. The summed E-state index contributed by atoms with van der Waals surface area (Å²) in [6, 6.07) is 15.2. The fourth-order valence-corrected chi connectivity index (χ4v) is 6.06. The molecule has 0 spiro atoms. The van der Waals surface area contributed by atoms with E-state index in [1.165, 1.54) is 24.4 Å². The van der Waals surface area contributed by atoms with Gasteiger partial charge in [-0.3, -0.25) is 9.59 Å². The highest BCUT2D eigenvalue weighted by Crippen LogP contribution is 2.37. The van der Waals surface area contributed by atoms with Crippen molar-refractivity contribution in [2.75, 3.05) is 49.1 Å². The van der Waals surface area contributed by atoms with Gasteiger partial charge in [0.2, 0.25) is 17.5 Å². The predicted molar refractivity (Wildman–Crippen MR) is 163 cm³/mol. The minimum atomic E-state index is -4.90. The van der Waals surface area contributed by atoms with Gasteiger partial charge in [0.25, 0.3) is 6.01 Å². The fourth-order valence-electron chi connectivity index (χ4n) is 6.06. The Morgan fingerprint density at radius 3 is 2.30 bits per heavy atom. The molecule has 1 unspecified atom stereocenters. The smallest absolute Gasteiger partial charge is 0.420 e. The number of hydrogen-bond donors (Lipinski definition) is 0. The van der Waals surface area contributed by atoms with Crippen LogP contribution in [-0.4, -0.2) is 65.8 Å². The Labute approximate surface area is 267 Å². The van der Waals surface area contributed by atoms with Crippen LogP contribution >= 0.6 is 0 Å². The van der Waals surface area contributed by atoms with Gasteiger partial charge in [-0.1, -0.05) is 36.4 Å². The minimum Gasteiger partial charge on any atom is -0.420 e. The first kappa shape index (κ1) is 32.1. The van der Waals surface area contributed by atoms with Crippen molar-refractivity contribution in [1.82, 2.24) is 14.9 Å². The number of rotatable bonds is 8. The van der Waals surface area contributed by atoms with Crippen LogP contribution in [0.2, 0.25) is 0 Å². The van der Waals surface area contributed by atoms with Crippen molar-refractivity contribution in [3.8, 4) is 0 Å². The Bertz CT molecular complexity index is 1720. The third kappa shape index (κ3) is 7.44. The second kappa shape index (κ2) is 13.5. The number of Topliss-reactive ketones (excluding diaryl/α,β-unsaturated/α-hetero) is 1. The number of benzene rings is 2. The molecule has 0 bridgehead atoms. The third-order valence-electron chi connectivity index (χ3n) is 8.60. The molecule has 6 rings (SSSR count). The molecular weight excluding hydrogens is 621 g/mol. The number of hydrogen-bond acceptors (Lipinski definition) is 7. The van der Waals surface area contributed by atoms with Crippen molar-refractivity contribution >= 4 is 23.5 Å². The van der Waals surface area contributed by atoms with Crippen molar-refractivity contribution in [1.29, 1.82) is 0 Å². The SMILES string of the molecule is O=C(Cc1ccc(N2CCN(C(=O)Cc3ccccc3F)CC2)nc1)c1oc(N2CCCC(c3ccc(F)cc3)C2)nc1C(F)(F)F. The topological polar surface area (TPSA) is 82.8 Å². The third-order valence-corrected chi connectivity index (χ3v) is 8.60. The molecule has 13 heteroatoms. The second-order valence-corrected chi connectivity index (χ2v) is 11.8. The van der Waals surface area contributed by atoms with Crippen LogP contribution in [0.4, 0.5) is 33.8 Å². The maximum atomic E-state index is 14.0. The summed E-state index contributed by atoms with van der Waals surface area (Å²) in [5, 5.41) is 0. The first-order valence-electron chi connectivity index (χ1n) is 15.4. The Hall–Kier alpha value is -4.81. The van der Waals surface area contributed by atoms with E-state index in [2.05, 4.69) is 9.97 Å². The number of oxazole rings is 1. The molecule has 0 N–H and O–H groups in total. The van der Waals surface area contributed by atoms with E-state index >= 15 is 0 Å². The number of piperazine rings is 1. The average molecular weight is 654 g/mol. The molecule has 4 aromatic rings. The first-order valence-corrected chi connectivity index (χ1v) is 15.4. The van der Waals surface area contributed by atoms with Gasteiger partial charge < -0.3 is 19.1 Å². The lowest BCUT2D eigenvalue weighted by Gasteiger charge is -2.35. The zero-order chi connectivity index (χ0) is 33.1. The zero-order valence-corrected chi connectivity index (χ0v) is 25.3. The van der Waals surface area contributed by atoms with E-state index in [1.807, 2.05) is 4.90 Å². The molecule has 2 aliphatic heterocycles. The summed E-state index contributed by atoms with van der Waals surface area (Å²) >= 11 is 0. The summed E-state index contributed by atoms with van der Waals surface area (Å²) in [6.07, 6.45) is -2.43. The van der Waals surface area contributed by atoms with E-state index in [4.69, 9.17) is 4.42 Å². The van der Waals surface area contributed by atoms with E-state index in [0.29, 0.717) is 62.6 Å². The van der Waals surface area contributed by atoms with Crippen LogP contribution in [0.15, 0.2) is 71.3 Å². The molecule has 2 fully saturated rings. The van der Waals surface area contributed by atoms with E-state index in [0.717, 1.165) is 12.0 Å². The minimum absolute atomic E-state index is 0.0229. The standard InChI is InChI=1S/C34H32F5N5O3/c35-26-10-8-23(9-11-26)25-5-3-13-44(21-25)33-41-32(34(37,38)39)31(47-33)28(45)18-22-7-12-29(40-20-22)42-14-16-43(17-15-42)30(46)19-24-4-1-2-6-27(24)36/h1-2,4,6-12,20,25H,3,5,13-19,21H2. The molecule has 8 nitrogen and oxygen atoms in total. The molecule has 2 aliphatic rings. The van der Waals surface area contributed by atoms with Gasteiger partial charge in [-0.15, -0.1) is 0 Å². The van der Waals surface area contributed by atoms with Gasteiger partial charge in [0.15, 0.2) is 5.69 Å². The molecule has 2 saturated heterocycles. The molecule has 2 aromatic carbocycles. The van der Waals surface area contributed by atoms with Crippen LogP contribution < -0.4 is 9.80 Å². The average Bonchev–Trinajstić information content (AvgIpc) is 3.54. The quantitative estimate of drug-likeness (QED) is 0.169. The number of nitrogens with zero attached hydrogens (tertiary/aromatic N) is 5. The molecule has 0 radical (unpaired) electrons. The van der Waals surface area contributed by atoms with E-state index in [-0.39, 0.29) is 36.5 Å². The number of halogens is 5. The first-order chi connectivity index (χ1) is 22.5. The van der Waals surface area contributed by atoms with Crippen LogP contribution in [-0.2, 0) is 23.8 Å². The summed E-state index contributed by atoms with van der Waals surface area (Å²) < 4.78 is 74.8. The van der Waals surface area contributed by atoms with Crippen LogP contribution in [0.3, 0.4) is 0 Å². The van der Waals surface area contributed by atoms with Gasteiger partial charge in [-0.05, 0) is 53.8 Å². The largest absolute Gasteiger partial charge is 0.437 e. The van der Waals surface area contributed by atoms with E-state index < -0.39 is 29.2 Å². The predicted octanol–water partition coefficient (Wildman–Crippen LogP) is 6.07. The van der Waals surface area contributed by atoms with Crippen LogP contribution in [0.5, 0.6) is 0 Å². The lowest BCUT2D eigenvalue weighted by molar-refractivity contribution is -0.141. The molecule has 246 valence electrons. The Kier molecular flexibility index (Phi) is 9.24. The Balaban J connectivity index is 1.08. The zero-order valence-electron chi connectivity index (χ0n) is 25.3. The Morgan fingerprint density at radius 1 is 0.872 bits per heavy atom. The number of alkyl halides is 3. The maximum absolute atomic E-state index is 14.0. The monoisotopic (exact) mass is 653 g/mol. The second-order valence-electron chi connectivity index (χ2n) is 11.8. The summed E-state index contributed by atoms with van der Waals surface area (Å²) in [6.45, 7) is 2.54. The lowest BCUT2D eigenvalue weighted by atomic mass is 9.91. The molecule has 0 aliphatic carbocycles. The highest BCUT2D eigenvalue weighted by atomic mass is 19.4. The number of carbonyl (C=O) groups is 2. The van der Waals surface area contributed by atoms with E-state index in [9.17, 15) is 31.5 Å². The van der Waals surface area contributed by atoms with Gasteiger partial charge in [0.05, 0.1) is 6.42 Å². The molecule has 1 atom stereocenters. The van der Waals surface area contributed by atoms with Crippen molar-refractivity contribution in [3.63, 3.8) is 0 Å². The van der Waals surface area contributed by atoms with Crippen molar-refractivity contribution in [3.05, 3.63) is 107 Å². The van der Waals surface area contributed by atoms with Gasteiger partial charge in [0, 0.05) is 57.8 Å². The molecule has 2 aromatic heterocycles. The Morgan fingerprint density at radius 2 is 1.62 bits per heavy atom. The molecular formula is C34H32F5N5O3. The summed E-state index contributed by atoms with van der Waals surface area (Å²) in [7, 11) is 0. The molecule has 1 amide bonds. The normalized spacial score (nSPS) is 17.2. The van der Waals surface area contributed by atoms with Crippen LogP contribution in [0.1, 0.15) is 51.7 Å². The molecule has 0 saturated carbocycles. The number of anilines is 2. The number of amides is 1. The highest BCUT2D eigenvalue weighted by Gasteiger charge is 2.42. The van der Waals surface area contributed by atoms with Gasteiger partial charge >= 0.3 is 6.18 Å². The van der Waals surface area contributed by atoms with E-state index in [1.54, 1.807) is 52.3 Å². The fraction of sp³-hybridized carbons (Fsp3) is 0.353. The van der Waals surface area contributed by atoms with Gasteiger partial charge in [0.1, 0.15) is 17.5 Å². The summed E-state index contributed by atoms with van der Waals surface area (Å²) in [5.74, 6) is -2.14. The molecule has 47 heavy (non-hydrogen) atoms. The van der Waals surface area contributed by atoms with Crippen molar-refractivity contribution < 1.29 is 36.0 Å². The van der Waals surface area contributed by atoms with Gasteiger partial charge in [-0.2, -0.15) is 18.2 Å². The maximum Gasteiger partial charge on any atom is 0.437 e. The van der Waals surface area contributed by atoms with Crippen LogP contribution in [0.25, 0.3) is 0 Å². The number of aromatic nitrogens is 2. The molecule has 4 heterocycles. The number of carbonyl (C=O) groups excluding carboxylic acids is 2. The number of pyridine rings is 1. The number of ketones is 1. The van der Waals surface area contributed by atoms with Crippen LogP contribution in [0, 0.1) is 11.6 Å². The highest BCUT2D eigenvalue weighted by molar-refractivity contribution is 5.96. The summed E-state index contributed by atoms with van der Waals surface area (Å²) in [5.41, 5.74) is 0.241. The lowest BCUT2D eigenvalue weighted by Crippen LogP contribution is -2.49. The van der Waals surface area contributed by atoms with Gasteiger partial charge in [-0.25, -0.2) is 13.8 Å².